The maximum absolute atomic E-state index is 10.2. The Kier molecular flexibility index (Phi) is 3.26. The Bertz CT molecular complexity index is 335. The van der Waals surface area contributed by atoms with Crippen molar-refractivity contribution in [2.24, 2.45) is 11.1 Å². The molecule has 1 fully saturated rings. The van der Waals surface area contributed by atoms with E-state index in [1.807, 2.05) is 0 Å². The van der Waals surface area contributed by atoms with Crippen LogP contribution >= 0.6 is 31.9 Å². The highest BCUT2D eigenvalue weighted by Crippen LogP contribution is 2.50. The van der Waals surface area contributed by atoms with E-state index in [1.54, 1.807) is 6.07 Å². The third kappa shape index (κ3) is 1.90. The lowest BCUT2D eigenvalue weighted by atomic mass is 9.64. The lowest BCUT2D eigenvalue weighted by Gasteiger charge is -2.43. The van der Waals surface area contributed by atoms with Crippen LogP contribution in [-0.4, -0.2) is 11.7 Å². The van der Waals surface area contributed by atoms with E-state index in [2.05, 4.69) is 31.9 Å². The molecule has 84 valence electrons. The summed E-state index contributed by atoms with van der Waals surface area (Å²) in [6.45, 7) is 0.504. The minimum absolute atomic E-state index is 0.170. The molecule has 0 aliphatic heterocycles. The second kappa shape index (κ2) is 4.20. The highest BCUT2D eigenvalue weighted by Gasteiger charge is 2.44. The molecule has 1 unspecified atom stereocenters. The average Bonchev–Trinajstić information content (AvgIpc) is 2.46. The quantitative estimate of drug-likeness (QED) is 0.890. The first-order valence-electron chi connectivity index (χ1n) is 4.92. The van der Waals surface area contributed by atoms with Gasteiger partial charge in [0, 0.05) is 12.0 Å². The number of aliphatic hydroxyl groups excluding tert-OH is 1. The molecular formula is C10H13Br2NO2. The number of hydrogen-bond donors (Lipinski definition) is 2. The van der Waals surface area contributed by atoms with Crippen molar-refractivity contribution < 1.29 is 9.52 Å². The van der Waals surface area contributed by atoms with Crippen LogP contribution in [0, 0.1) is 5.41 Å². The van der Waals surface area contributed by atoms with Gasteiger partial charge in [-0.2, -0.15) is 0 Å². The van der Waals surface area contributed by atoms with Crippen LogP contribution in [0.5, 0.6) is 0 Å². The normalized spacial score (nSPS) is 21.1. The van der Waals surface area contributed by atoms with Crippen LogP contribution in [0.4, 0.5) is 0 Å². The van der Waals surface area contributed by atoms with Crippen LogP contribution in [0.1, 0.15) is 31.1 Å². The first-order chi connectivity index (χ1) is 7.09. The Morgan fingerprint density at radius 3 is 2.53 bits per heavy atom. The number of aliphatic hydroxyl groups is 1. The van der Waals surface area contributed by atoms with E-state index >= 15 is 0 Å². The molecule has 1 atom stereocenters. The molecule has 0 bridgehead atoms. The smallest absolute Gasteiger partial charge is 0.183 e. The van der Waals surface area contributed by atoms with E-state index in [4.69, 9.17) is 10.2 Å². The zero-order valence-electron chi connectivity index (χ0n) is 8.17. The van der Waals surface area contributed by atoms with E-state index in [1.165, 1.54) is 0 Å². The number of furan rings is 1. The van der Waals surface area contributed by atoms with E-state index in [-0.39, 0.29) is 5.41 Å². The summed E-state index contributed by atoms with van der Waals surface area (Å²) in [6, 6.07) is 1.80. The van der Waals surface area contributed by atoms with Gasteiger partial charge in [-0.1, -0.05) is 6.42 Å². The highest BCUT2D eigenvalue weighted by molar-refractivity contribution is 9.13. The van der Waals surface area contributed by atoms with Crippen LogP contribution in [0.2, 0.25) is 0 Å². The molecule has 1 aromatic heterocycles. The summed E-state index contributed by atoms with van der Waals surface area (Å²) in [4.78, 5) is 0. The Morgan fingerprint density at radius 2 is 2.20 bits per heavy atom. The monoisotopic (exact) mass is 337 g/mol. The fourth-order valence-corrected chi connectivity index (χ4v) is 2.63. The van der Waals surface area contributed by atoms with E-state index in [9.17, 15) is 5.11 Å². The van der Waals surface area contributed by atoms with E-state index < -0.39 is 6.10 Å². The molecule has 0 saturated heterocycles. The van der Waals surface area contributed by atoms with Gasteiger partial charge in [-0.3, -0.25) is 0 Å². The molecule has 0 amide bonds. The van der Waals surface area contributed by atoms with Gasteiger partial charge in [0.1, 0.15) is 11.9 Å². The molecule has 0 aromatic carbocycles. The van der Waals surface area contributed by atoms with Crippen molar-refractivity contribution >= 4 is 31.9 Å². The van der Waals surface area contributed by atoms with Gasteiger partial charge in [-0.15, -0.1) is 0 Å². The van der Waals surface area contributed by atoms with Crippen LogP contribution in [0.15, 0.2) is 19.6 Å². The number of halogens is 2. The number of rotatable bonds is 3. The van der Waals surface area contributed by atoms with Crippen molar-refractivity contribution in [3.8, 4) is 0 Å². The maximum atomic E-state index is 10.2. The molecule has 1 aromatic rings. The summed E-state index contributed by atoms with van der Waals surface area (Å²) in [5.41, 5.74) is 5.56. The molecular weight excluding hydrogens is 326 g/mol. The Morgan fingerprint density at radius 1 is 1.53 bits per heavy atom. The van der Waals surface area contributed by atoms with Crippen molar-refractivity contribution in [2.45, 2.75) is 25.4 Å². The van der Waals surface area contributed by atoms with Gasteiger partial charge in [-0.05, 0) is 50.8 Å². The van der Waals surface area contributed by atoms with Crippen LogP contribution in [0.25, 0.3) is 0 Å². The molecule has 1 aliphatic rings. The summed E-state index contributed by atoms with van der Waals surface area (Å²) >= 11 is 6.59. The fraction of sp³-hybridized carbons (Fsp3) is 0.600. The van der Waals surface area contributed by atoms with Crippen molar-refractivity contribution in [3.63, 3.8) is 0 Å². The van der Waals surface area contributed by atoms with Crippen LogP contribution in [0.3, 0.4) is 0 Å². The molecule has 1 saturated carbocycles. The molecule has 0 spiro atoms. The Balaban J connectivity index is 2.23. The van der Waals surface area contributed by atoms with E-state index in [0.717, 1.165) is 23.7 Å². The molecule has 1 aliphatic carbocycles. The van der Waals surface area contributed by atoms with Gasteiger partial charge < -0.3 is 15.3 Å². The van der Waals surface area contributed by atoms with E-state index in [0.29, 0.717) is 17.0 Å². The Labute approximate surface area is 105 Å². The lowest BCUT2D eigenvalue weighted by Crippen LogP contribution is -2.42. The van der Waals surface area contributed by atoms with Crippen LogP contribution in [-0.2, 0) is 0 Å². The van der Waals surface area contributed by atoms with Gasteiger partial charge in [0.25, 0.3) is 0 Å². The lowest BCUT2D eigenvalue weighted by molar-refractivity contribution is -0.0421. The first-order valence-corrected chi connectivity index (χ1v) is 6.50. The molecule has 2 rings (SSSR count). The highest BCUT2D eigenvalue weighted by atomic mass is 79.9. The maximum Gasteiger partial charge on any atom is 0.183 e. The summed E-state index contributed by atoms with van der Waals surface area (Å²) in [5.74, 6) is 0.582. The van der Waals surface area contributed by atoms with Crippen LogP contribution < -0.4 is 5.73 Å². The molecule has 5 heteroatoms. The topological polar surface area (TPSA) is 59.4 Å². The largest absolute Gasteiger partial charge is 0.450 e. The van der Waals surface area contributed by atoms with Crippen molar-refractivity contribution in [3.05, 3.63) is 21.0 Å². The molecule has 15 heavy (non-hydrogen) atoms. The standard InChI is InChI=1S/C10H13Br2NO2/c11-6-4-7(15-9(6)12)8(14)10(5-13)2-1-3-10/h4,8,14H,1-3,5,13H2. The van der Waals surface area contributed by atoms with Gasteiger partial charge >= 0.3 is 0 Å². The summed E-state index contributed by atoms with van der Waals surface area (Å²) < 4.78 is 6.86. The third-order valence-corrected chi connectivity index (χ3v) is 4.98. The van der Waals surface area contributed by atoms with Crippen molar-refractivity contribution in [2.75, 3.05) is 6.54 Å². The van der Waals surface area contributed by atoms with Crippen molar-refractivity contribution in [1.29, 1.82) is 0 Å². The van der Waals surface area contributed by atoms with Gasteiger partial charge in [0.15, 0.2) is 4.67 Å². The number of hydrogen-bond acceptors (Lipinski definition) is 3. The van der Waals surface area contributed by atoms with Gasteiger partial charge in [0.05, 0.1) is 4.47 Å². The SMILES string of the molecule is NCC1(C(O)c2cc(Br)c(Br)o2)CCC1. The summed E-state index contributed by atoms with van der Waals surface area (Å²) in [7, 11) is 0. The minimum Gasteiger partial charge on any atom is -0.450 e. The molecule has 1 heterocycles. The first kappa shape index (κ1) is 11.6. The fourth-order valence-electron chi connectivity index (χ4n) is 2.02. The second-order valence-corrected chi connectivity index (χ2v) is 5.67. The average molecular weight is 339 g/mol. The molecule has 3 N–H and O–H groups in total. The number of nitrogens with two attached hydrogens (primary N) is 1. The zero-order valence-corrected chi connectivity index (χ0v) is 11.3. The third-order valence-electron chi connectivity index (χ3n) is 3.27. The Hall–Kier alpha value is 0.160. The minimum atomic E-state index is -0.598. The summed E-state index contributed by atoms with van der Waals surface area (Å²) in [5, 5.41) is 10.2. The molecule has 3 nitrogen and oxygen atoms in total. The van der Waals surface area contributed by atoms with Crippen molar-refractivity contribution in [1.82, 2.24) is 0 Å². The van der Waals surface area contributed by atoms with Gasteiger partial charge in [-0.25, -0.2) is 0 Å². The predicted molar refractivity (Wildman–Crippen MR) is 64.4 cm³/mol. The predicted octanol–water partition coefficient (Wildman–Crippen LogP) is 2.97. The summed E-state index contributed by atoms with van der Waals surface area (Å²) in [6.07, 6.45) is 2.48. The molecule has 0 radical (unpaired) electrons. The second-order valence-electron chi connectivity index (χ2n) is 4.09. The van der Waals surface area contributed by atoms with Gasteiger partial charge in [0.2, 0.25) is 0 Å². The zero-order chi connectivity index (χ0) is 11.1.